The van der Waals surface area contributed by atoms with E-state index in [0.717, 1.165) is 29.7 Å². The third kappa shape index (κ3) is 3.87. The highest BCUT2D eigenvalue weighted by molar-refractivity contribution is 14.1. The Hall–Kier alpha value is 0.230. The Morgan fingerprint density at radius 1 is 1.11 bits per heavy atom. The molecule has 0 spiro atoms. The summed E-state index contributed by atoms with van der Waals surface area (Å²) in [5.41, 5.74) is 8.95. The maximum absolute atomic E-state index is 5.97. The number of nitrogens with two attached hydrogens (primary N) is 1. The van der Waals surface area contributed by atoms with Crippen molar-refractivity contribution in [3.8, 4) is 5.75 Å². The molecule has 2 rings (SSSR count). The van der Waals surface area contributed by atoms with Gasteiger partial charge in [-0.2, -0.15) is 0 Å². The summed E-state index contributed by atoms with van der Waals surface area (Å²) in [6.45, 7) is 2.57. The van der Waals surface area contributed by atoms with Gasteiger partial charge in [0.25, 0.3) is 0 Å². The van der Waals surface area contributed by atoms with Gasteiger partial charge in [-0.1, -0.05) is 12.1 Å². The molecule has 5 heteroatoms. The zero-order valence-corrected chi connectivity index (χ0v) is 16.7. The van der Waals surface area contributed by atoms with Gasteiger partial charge in [0.05, 0.1) is 7.14 Å². The highest BCUT2D eigenvalue weighted by Gasteiger charge is 2.09. The SMILES string of the molecule is Cc1c(N)cccc1COc1c(I)cc(I)cc1I. The first-order chi connectivity index (χ1) is 8.99. The van der Waals surface area contributed by atoms with E-state index < -0.39 is 0 Å². The molecule has 2 N–H and O–H groups in total. The van der Waals surface area contributed by atoms with Crippen LogP contribution in [-0.2, 0) is 6.61 Å². The molecule has 100 valence electrons. The van der Waals surface area contributed by atoms with Crippen molar-refractivity contribution in [2.24, 2.45) is 0 Å². The molecular weight excluding hydrogens is 579 g/mol. The fraction of sp³-hybridized carbons (Fsp3) is 0.143. The topological polar surface area (TPSA) is 35.2 Å². The molecule has 0 amide bonds. The van der Waals surface area contributed by atoms with Gasteiger partial charge in [0.1, 0.15) is 12.4 Å². The van der Waals surface area contributed by atoms with Gasteiger partial charge in [0.2, 0.25) is 0 Å². The van der Waals surface area contributed by atoms with Gasteiger partial charge in [-0.3, -0.25) is 0 Å². The van der Waals surface area contributed by atoms with Crippen LogP contribution in [0.15, 0.2) is 30.3 Å². The largest absolute Gasteiger partial charge is 0.487 e. The molecule has 0 aliphatic carbocycles. The van der Waals surface area contributed by atoms with Crippen molar-refractivity contribution in [2.45, 2.75) is 13.5 Å². The third-order valence-corrected chi connectivity index (χ3v) is 5.05. The fourth-order valence-corrected chi connectivity index (χ4v) is 5.57. The fourth-order valence-electron chi connectivity index (χ4n) is 1.68. The summed E-state index contributed by atoms with van der Waals surface area (Å²) in [6.07, 6.45) is 0. The summed E-state index contributed by atoms with van der Waals surface area (Å²) in [4.78, 5) is 0. The average Bonchev–Trinajstić information content (AvgIpc) is 2.33. The van der Waals surface area contributed by atoms with Gasteiger partial charge < -0.3 is 10.5 Å². The second-order valence-electron chi connectivity index (χ2n) is 4.12. The van der Waals surface area contributed by atoms with Crippen LogP contribution in [0.1, 0.15) is 11.1 Å². The number of hydrogen-bond acceptors (Lipinski definition) is 2. The number of nitrogen functional groups attached to an aromatic ring is 1. The maximum atomic E-state index is 5.97. The van der Waals surface area contributed by atoms with Crippen LogP contribution < -0.4 is 10.5 Å². The van der Waals surface area contributed by atoms with E-state index in [1.54, 1.807) is 0 Å². The van der Waals surface area contributed by atoms with Gasteiger partial charge in [-0.15, -0.1) is 0 Å². The zero-order valence-electron chi connectivity index (χ0n) is 10.2. The number of anilines is 1. The lowest BCUT2D eigenvalue weighted by Gasteiger charge is -2.13. The number of rotatable bonds is 3. The first-order valence-electron chi connectivity index (χ1n) is 5.60. The predicted octanol–water partition coefficient (Wildman–Crippen LogP) is 4.97. The number of benzene rings is 2. The molecule has 0 heterocycles. The van der Waals surface area contributed by atoms with Crippen LogP contribution in [0.5, 0.6) is 5.75 Å². The summed E-state index contributed by atoms with van der Waals surface area (Å²) >= 11 is 6.94. The summed E-state index contributed by atoms with van der Waals surface area (Å²) in [7, 11) is 0. The van der Waals surface area contributed by atoms with Crippen LogP contribution in [0.2, 0.25) is 0 Å². The minimum atomic E-state index is 0.545. The first-order valence-corrected chi connectivity index (χ1v) is 8.84. The van der Waals surface area contributed by atoms with E-state index in [0.29, 0.717) is 6.61 Å². The molecule has 0 radical (unpaired) electrons. The minimum Gasteiger partial charge on any atom is -0.487 e. The van der Waals surface area contributed by atoms with Crippen LogP contribution in [0.25, 0.3) is 0 Å². The van der Waals surface area contributed by atoms with E-state index in [9.17, 15) is 0 Å². The lowest BCUT2D eigenvalue weighted by molar-refractivity contribution is 0.301. The number of ether oxygens (including phenoxy) is 1. The lowest BCUT2D eigenvalue weighted by atomic mass is 10.1. The monoisotopic (exact) mass is 591 g/mol. The standard InChI is InChI=1S/C14H12I3NO/c1-8-9(3-2-4-13(8)18)7-19-14-11(16)5-10(15)6-12(14)17/h2-6H,7,18H2,1H3. The zero-order chi connectivity index (χ0) is 14.0. The number of hydrogen-bond donors (Lipinski definition) is 1. The Bertz CT molecular complexity index is 591. The van der Waals surface area contributed by atoms with Crippen LogP contribution in [0.3, 0.4) is 0 Å². The number of halogens is 3. The summed E-state index contributed by atoms with van der Waals surface area (Å²) in [5, 5.41) is 0. The van der Waals surface area contributed by atoms with Crippen molar-refractivity contribution >= 4 is 73.5 Å². The second kappa shape index (κ2) is 6.79. The van der Waals surface area contributed by atoms with Gasteiger partial charge in [0, 0.05) is 9.26 Å². The highest BCUT2D eigenvalue weighted by atomic mass is 127. The van der Waals surface area contributed by atoms with Crippen molar-refractivity contribution in [3.63, 3.8) is 0 Å². The molecule has 2 aromatic rings. The molecule has 0 bridgehead atoms. The van der Waals surface area contributed by atoms with Crippen molar-refractivity contribution in [3.05, 3.63) is 52.2 Å². The van der Waals surface area contributed by atoms with E-state index >= 15 is 0 Å². The molecular formula is C14H12I3NO. The molecule has 2 nitrogen and oxygen atoms in total. The van der Waals surface area contributed by atoms with Crippen molar-refractivity contribution < 1.29 is 4.74 Å². The van der Waals surface area contributed by atoms with Gasteiger partial charge in [-0.25, -0.2) is 0 Å². The average molecular weight is 591 g/mol. The molecule has 0 aliphatic heterocycles. The maximum Gasteiger partial charge on any atom is 0.146 e. The molecule has 0 fully saturated rings. The van der Waals surface area contributed by atoms with Crippen LogP contribution in [0.4, 0.5) is 5.69 Å². The quantitative estimate of drug-likeness (QED) is 0.405. The van der Waals surface area contributed by atoms with Gasteiger partial charge in [0.15, 0.2) is 0 Å². The Kier molecular flexibility index (Phi) is 5.58. The normalized spacial score (nSPS) is 10.5. The van der Waals surface area contributed by atoms with Gasteiger partial charge >= 0.3 is 0 Å². The summed E-state index contributed by atoms with van der Waals surface area (Å²) in [6, 6.07) is 10.2. The molecule has 0 atom stereocenters. The third-order valence-electron chi connectivity index (χ3n) is 2.82. The van der Waals surface area contributed by atoms with Crippen LogP contribution in [0, 0.1) is 17.6 Å². The van der Waals surface area contributed by atoms with Crippen molar-refractivity contribution in [1.29, 1.82) is 0 Å². The van der Waals surface area contributed by atoms with E-state index in [-0.39, 0.29) is 0 Å². The molecule has 0 aliphatic rings. The summed E-state index contributed by atoms with van der Waals surface area (Å²) < 4.78 is 9.46. The second-order valence-corrected chi connectivity index (χ2v) is 7.69. The Morgan fingerprint density at radius 3 is 2.37 bits per heavy atom. The smallest absolute Gasteiger partial charge is 0.146 e. The Morgan fingerprint density at radius 2 is 1.74 bits per heavy atom. The minimum absolute atomic E-state index is 0.545. The summed E-state index contributed by atoms with van der Waals surface area (Å²) in [5.74, 6) is 0.948. The molecule has 19 heavy (non-hydrogen) atoms. The van der Waals surface area contributed by atoms with Gasteiger partial charge in [-0.05, 0) is 104 Å². The molecule has 0 unspecified atom stereocenters. The van der Waals surface area contributed by atoms with Crippen molar-refractivity contribution in [1.82, 2.24) is 0 Å². The van der Waals surface area contributed by atoms with E-state index in [1.165, 1.54) is 3.57 Å². The Balaban J connectivity index is 2.22. The molecule has 0 aromatic heterocycles. The van der Waals surface area contributed by atoms with E-state index in [4.69, 9.17) is 10.5 Å². The Labute approximate surface area is 153 Å². The van der Waals surface area contributed by atoms with E-state index in [1.807, 2.05) is 19.1 Å². The van der Waals surface area contributed by atoms with Crippen LogP contribution >= 0.6 is 67.8 Å². The molecule has 0 saturated heterocycles. The first kappa shape index (κ1) is 15.6. The van der Waals surface area contributed by atoms with Crippen LogP contribution in [-0.4, -0.2) is 0 Å². The lowest BCUT2D eigenvalue weighted by Crippen LogP contribution is -2.03. The predicted molar refractivity (Wildman–Crippen MR) is 105 cm³/mol. The highest BCUT2D eigenvalue weighted by Crippen LogP contribution is 2.30. The molecule has 0 saturated carbocycles. The molecule has 2 aromatic carbocycles. The van der Waals surface area contributed by atoms with E-state index in [2.05, 4.69) is 86.0 Å². The van der Waals surface area contributed by atoms with Crippen molar-refractivity contribution in [2.75, 3.05) is 5.73 Å².